The van der Waals surface area contributed by atoms with Crippen LogP contribution in [-0.2, 0) is 14.4 Å². The summed E-state index contributed by atoms with van der Waals surface area (Å²) < 4.78 is 0. The van der Waals surface area contributed by atoms with Crippen molar-refractivity contribution in [3.05, 3.63) is 22.3 Å². The van der Waals surface area contributed by atoms with Crippen LogP contribution >= 0.6 is 0 Å². The van der Waals surface area contributed by atoms with Crippen LogP contribution in [-0.4, -0.2) is 34.7 Å². The van der Waals surface area contributed by atoms with Crippen LogP contribution in [0, 0.1) is 5.92 Å². The number of rotatable bonds is 6. The molecule has 1 unspecified atom stereocenters. The van der Waals surface area contributed by atoms with Gasteiger partial charge in [-0.2, -0.15) is 0 Å². The first-order chi connectivity index (χ1) is 10.6. The Morgan fingerprint density at radius 1 is 1.13 bits per heavy atom. The highest BCUT2D eigenvalue weighted by molar-refractivity contribution is 6.24. The van der Waals surface area contributed by atoms with Gasteiger partial charge in [0, 0.05) is 28.8 Å². The van der Waals surface area contributed by atoms with E-state index in [0.29, 0.717) is 34.8 Å². The van der Waals surface area contributed by atoms with Crippen LogP contribution in [0.25, 0.3) is 0 Å². The Bertz CT molecular complexity index is 621. The number of aliphatic hydroxyl groups is 1. The van der Waals surface area contributed by atoms with Crippen molar-refractivity contribution in [2.45, 2.75) is 59.0 Å². The van der Waals surface area contributed by atoms with E-state index < -0.39 is 11.5 Å². The SMILES string of the molecule is CC1=C(C)C(=O)C(CCC(C)(O)C(=O)NCC2CC2)=C(C)C1=O. The summed E-state index contributed by atoms with van der Waals surface area (Å²) >= 11 is 0. The van der Waals surface area contributed by atoms with Gasteiger partial charge in [0.1, 0.15) is 5.60 Å². The molecule has 5 heteroatoms. The number of hydrogen-bond donors (Lipinski definition) is 2. The van der Waals surface area contributed by atoms with Gasteiger partial charge < -0.3 is 10.4 Å². The van der Waals surface area contributed by atoms with Crippen molar-refractivity contribution in [3.8, 4) is 0 Å². The molecule has 23 heavy (non-hydrogen) atoms. The molecule has 0 heterocycles. The highest BCUT2D eigenvalue weighted by atomic mass is 16.3. The normalized spacial score (nSPS) is 21.6. The summed E-state index contributed by atoms with van der Waals surface area (Å²) in [5.74, 6) is -0.169. The van der Waals surface area contributed by atoms with Crippen molar-refractivity contribution in [2.24, 2.45) is 5.92 Å². The summed E-state index contributed by atoms with van der Waals surface area (Å²) in [6.45, 7) is 6.97. The number of amides is 1. The Morgan fingerprint density at radius 3 is 2.26 bits per heavy atom. The zero-order valence-corrected chi connectivity index (χ0v) is 14.3. The van der Waals surface area contributed by atoms with Crippen molar-refractivity contribution < 1.29 is 19.5 Å². The molecule has 0 aliphatic heterocycles. The maximum Gasteiger partial charge on any atom is 0.251 e. The number of nitrogens with one attached hydrogen (secondary N) is 1. The van der Waals surface area contributed by atoms with Gasteiger partial charge in [0.2, 0.25) is 0 Å². The maximum atomic E-state index is 12.4. The molecule has 0 aromatic heterocycles. The van der Waals surface area contributed by atoms with Crippen LogP contribution in [0.1, 0.15) is 53.4 Å². The summed E-state index contributed by atoms with van der Waals surface area (Å²) in [6.07, 6.45) is 2.57. The predicted octanol–water partition coefficient (Wildman–Crippen LogP) is 1.85. The number of Topliss-reactive ketones (excluding diaryl/α,β-unsaturated/α-hetero) is 2. The molecule has 0 aromatic carbocycles. The molecule has 2 aliphatic carbocycles. The molecule has 2 N–H and O–H groups in total. The van der Waals surface area contributed by atoms with E-state index in [0.717, 1.165) is 12.8 Å². The van der Waals surface area contributed by atoms with Gasteiger partial charge in [-0.3, -0.25) is 14.4 Å². The summed E-state index contributed by atoms with van der Waals surface area (Å²) in [6, 6.07) is 0. The first kappa shape index (κ1) is 17.6. The Kier molecular flexibility index (Phi) is 4.90. The number of hydrogen-bond acceptors (Lipinski definition) is 4. The Hall–Kier alpha value is -1.75. The third kappa shape index (κ3) is 3.78. The smallest absolute Gasteiger partial charge is 0.251 e. The second kappa shape index (κ2) is 6.40. The minimum Gasteiger partial charge on any atom is -0.380 e. The van der Waals surface area contributed by atoms with E-state index in [-0.39, 0.29) is 24.4 Å². The molecule has 1 fully saturated rings. The molecule has 0 bridgehead atoms. The molecule has 0 aromatic rings. The minimum atomic E-state index is -1.55. The monoisotopic (exact) mass is 319 g/mol. The number of carbonyl (C=O) groups excluding carboxylic acids is 3. The highest BCUT2D eigenvalue weighted by Crippen LogP contribution is 2.30. The predicted molar refractivity (Wildman–Crippen MR) is 86.7 cm³/mol. The summed E-state index contributed by atoms with van der Waals surface area (Å²) in [5, 5.41) is 13.1. The van der Waals surface area contributed by atoms with Crippen LogP contribution < -0.4 is 5.32 Å². The van der Waals surface area contributed by atoms with Gasteiger partial charge in [-0.15, -0.1) is 0 Å². The van der Waals surface area contributed by atoms with Crippen LogP contribution in [0.5, 0.6) is 0 Å². The van der Waals surface area contributed by atoms with Crippen LogP contribution in [0.3, 0.4) is 0 Å². The van der Waals surface area contributed by atoms with Gasteiger partial charge in [-0.25, -0.2) is 0 Å². The molecule has 0 radical (unpaired) electrons. The lowest BCUT2D eigenvalue weighted by Crippen LogP contribution is -2.45. The lowest BCUT2D eigenvalue weighted by Gasteiger charge is -2.24. The topological polar surface area (TPSA) is 83.5 Å². The van der Waals surface area contributed by atoms with Gasteiger partial charge in [0.25, 0.3) is 5.91 Å². The fourth-order valence-electron chi connectivity index (χ4n) is 2.69. The molecule has 5 nitrogen and oxygen atoms in total. The van der Waals surface area contributed by atoms with E-state index in [9.17, 15) is 19.5 Å². The molecule has 2 rings (SSSR count). The molecule has 0 saturated heterocycles. The van der Waals surface area contributed by atoms with Gasteiger partial charge in [0.05, 0.1) is 0 Å². The first-order valence-corrected chi connectivity index (χ1v) is 8.12. The summed E-state index contributed by atoms with van der Waals surface area (Å²) in [5.41, 5.74) is 0.217. The van der Waals surface area contributed by atoms with Gasteiger partial charge in [0.15, 0.2) is 11.6 Å². The quantitative estimate of drug-likeness (QED) is 0.732. The van der Waals surface area contributed by atoms with Crippen molar-refractivity contribution in [3.63, 3.8) is 0 Å². The zero-order chi connectivity index (χ0) is 17.4. The van der Waals surface area contributed by atoms with Crippen molar-refractivity contribution in [2.75, 3.05) is 6.54 Å². The molecular weight excluding hydrogens is 294 g/mol. The number of allylic oxidation sites excluding steroid dienone is 4. The van der Waals surface area contributed by atoms with Crippen LogP contribution in [0.2, 0.25) is 0 Å². The average molecular weight is 319 g/mol. The lowest BCUT2D eigenvalue weighted by molar-refractivity contribution is -0.138. The fraction of sp³-hybridized carbons (Fsp3) is 0.611. The fourth-order valence-corrected chi connectivity index (χ4v) is 2.69. The molecular formula is C18H25NO4. The lowest BCUT2D eigenvalue weighted by atomic mass is 9.82. The summed E-state index contributed by atoms with van der Waals surface area (Å²) in [4.78, 5) is 36.6. The third-order valence-corrected chi connectivity index (χ3v) is 4.91. The Morgan fingerprint density at radius 2 is 1.70 bits per heavy atom. The van der Waals surface area contributed by atoms with Crippen LogP contribution in [0.15, 0.2) is 22.3 Å². The van der Waals surface area contributed by atoms with E-state index in [4.69, 9.17) is 0 Å². The second-order valence-corrected chi connectivity index (χ2v) is 6.94. The summed E-state index contributed by atoms with van der Waals surface area (Å²) in [7, 11) is 0. The van der Waals surface area contributed by atoms with Crippen molar-refractivity contribution in [1.29, 1.82) is 0 Å². The molecule has 2 aliphatic rings. The largest absolute Gasteiger partial charge is 0.380 e. The van der Waals surface area contributed by atoms with Gasteiger partial charge >= 0.3 is 0 Å². The van der Waals surface area contributed by atoms with E-state index in [2.05, 4.69) is 5.32 Å². The van der Waals surface area contributed by atoms with E-state index in [1.165, 1.54) is 6.92 Å². The van der Waals surface area contributed by atoms with Crippen molar-refractivity contribution >= 4 is 17.5 Å². The van der Waals surface area contributed by atoms with E-state index in [1.54, 1.807) is 20.8 Å². The molecule has 1 saturated carbocycles. The maximum absolute atomic E-state index is 12.4. The third-order valence-electron chi connectivity index (χ3n) is 4.91. The second-order valence-electron chi connectivity index (χ2n) is 6.94. The number of carbonyl (C=O) groups is 3. The Labute approximate surface area is 136 Å². The van der Waals surface area contributed by atoms with Gasteiger partial charge in [-0.1, -0.05) is 0 Å². The van der Waals surface area contributed by atoms with Gasteiger partial charge in [-0.05, 0) is 59.3 Å². The number of ketones is 2. The van der Waals surface area contributed by atoms with E-state index in [1.807, 2.05) is 0 Å². The first-order valence-electron chi connectivity index (χ1n) is 8.12. The molecule has 1 amide bonds. The molecule has 126 valence electrons. The molecule has 1 atom stereocenters. The Balaban J connectivity index is 2.02. The van der Waals surface area contributed by atoms with Crippen LogP contribution in [0.4, 0.5) is 0 Å². The standard InChI is InChI=1S/C18H25NO4/c1-10-11(2)16(21)14(12(3)15(10)20)7-8-18(4,23)17(22)19-9-13-5-6-13/h13,23H,5-9H2,1-4H3,(H,19,22). The van der Waals surface area contributed by atoms with E-state index >= 15 is 0 Å². The average Bonchev–Trinajstić information content (AvgIpc) is 3.32. The molecule has 0 spiro atoms. The minimum absolute atomic E-state index is 0.113. The zero-order valence-electron chi connectivity index (χ0n) is 14.3. The van der Waals surface area contributed by atoms with Crippen molar-refractivity contribution in [1.82, 2.24) is 5.32 Å². The highest BCUT2D eigenvalue weighted by Gasteiger charge is 2.34.